The highest BCUT2D eigenvalue weighted by Gasteiger charge is 2.14. The highest BCUT2D eigenvalue weighted by Crippen LogP contribution is 2.33. The molecule has 5 heteroatoms. The summed E-state index contributed by atoms with van der Waals surface area (Å²) in [6.45, 7) is 0. The molecule has 0 radical (unpaired) electrons. The zero-order valence-corrected chi connectivity index (χ0v) is 14.7. The second kappa shape index (κ2) is 6.64. The molecule has 130 valence electrons. The third-order valence-corrected chi connectivity index (χ3v) is 4.35. The number of aromatic nitrogens is 1. The molecule has 4 aromatic rings. The van der Waals surface area contributed by atoms with Crippen LogP contribution in [-0.4, -0.2) is 10.1 Å². The Morgan fingerprint density at radius 3 is 2.70 bits per heavy atom. The van der Waals surface area contributed by atoms with Crippen LogP contribution in [0.15, 0.2) is 70.0 Å². The minimum Gasteiger partial charge on any atom is -0.506 e. The number of halogens is 1. The topological polar surface area (TPSA) is 63.3 Å². The summed E-state index contributed by atoms with van der Waals surface area (Å²) < 4.78 is 6.03. The molecule has 0 saturated heterocycles. The van der Waals surface area contributed by atoms with E-state index < -0.39 is 0 Å². The molecule has 27 heavy (non-hydrogen) atoms. The van der Waals surface area contributed by atoms with Gasteiger partial charge in [-0.1, -0.05) is 29.7 Å². The van der Waals surface area contributed by atoms with Gasteiger partial charge >= 0.3 is 0 Å². The Labute approximate surface area is 159 Å². The number of nitrogens with zero attached hydrogens (tertiary/aromatic N) is 1. The van der Waals surface area contributed by atoms with Crippen molar-refractivity contribution in [2.24, 2.45) is 0 Å². The summed E-state index contributed by atoms with van der Waals surface area (Å²) in [6.07, 6.45) is 6.79. The van der Waals surface area contributed by atoms with Crippen molar-refractivity contribution in [3.05, 3.63) is 81.6 Å². The highest BCUT2D eigenvalue weighted by molar-refractivity contribution is 6.31. The van der Waals surface area contributed by atoms with Gasteiger partial charge in [-0.05, 0) is 42.0 Å². The Morgan fingerprint density at radius 2 is 1.96 bits per heavy atom. The van der Waals surface area contributed by atoms with E-state index in [1.807, 2.05) is 24.3 Å². The number of terminal acetylenes is 1. The lowest BCUT2D eigenvalue weighted by Crippen LogP contribution is -2.02. The van der Waals surface area contributed by atoms with Crippen LogP contribution >= 0.6 is 11.6 Å². The maximum absolute atomic E-state index is 12.7. The summed E-state index contributed by atoms with van der Waals surface area (Å²) in [4.78, 5) is 16.8. The van der Waals surface area contributed by atoms with Gasteiger partial charge in [0.25, 0.3) is 0 Å². The molecule has 0 spiro atoms. The van der Waals surface area contributed by atoms with Gasteiger partial charge in [0.2, 0.25) is 0 Å². The Hall–Kier alpha value is -3.55. The summed E-state index contributed by atoms with van der Waals surface area (Å²) in [5, 5.41) is 10.2. The van der Waals surface area contributed by atoms with Gasteiger partial charge in [-0.25, -0.2) is 4.98 Å². The summed E-state index contributed by atoms with van der Waals surface area (Å²) in [5.41, 5.74) is 2.75. The van der Waals surface area contributed by atoms with E-state index in [9.17, 15) is 9.90 Å². The molecule has 0 atom stereocenters. The summed E-state index contributed by atoms with van der Waals surface area (Å²) >= 11 is 6.23. The van der Waals surface area contributed by atoms with Gasteiger partial charge in [0.1, 0.15) is 17.0 Å². The maximum atomic E-state index is 12.7. The quantitative estimate of drug-likeness (QED) is 0.509. The lowest BCUT2D eigenvalue weighted by atomic mass is 10.0. The molecule has 4 nitrogen and oxygen atoms in total. The fraction of sp³-hybridized carbons (Fsp3) is 0. The van der Waals surface area contributed by atoms with E-state index in [0.717, 1.165) is 5.56 Å². The summed E-state index contributed by atoms with van der Waals surface area (Å²) in [7, 11) is 0. The van der Waals surface area contributed by atoms with E-state index in [1.165, 1.54) is 18.3 Å². The van der Waals surface area contributed by atoms with Crippen LogP contribution in [0.5, 0.6) is 5.75 Å². The number of fused-ring (bicyclic) bond motifs is 1. The molecule has 0 aliphatic carbocycles. The van der Waals surface area contributed by atoms with Crippen LogP contribution in [0.25, 0.3) is 33.6 Å². The minimum absolute atomic E-state index is 0.0282. The van der Waals surface area contributed by atoms with Crippen molar-refractivity contribution in [3.63, 3.8) is 0 Å². The Bertz CT molecular complexity index is 1270. The molecular formula is C22H12ClNO3. The second-order valence-electron chi connectivity index (χ2n) is 5.93. The third kappa shape index (κ3) is 3.17. The molecule has 2 aromatic heterocycles. The minimum atomic E-state index is -0.238. The maximum Gasteiger partial charge on any atom is 0.193 e. The molecule has 1 N–H and O–H groups in total. The van der Waals surface area contributed by atoms with Crippen molar-refractivity contribution < 1.29 is 9.52 Å². The highest BCUT2D eigenvalue weighted by atomic mass is 35.5. The van der Waals surface area contributed by atoms with E-state index in [-0.39, 0.29) is 11.2 Å². The first-order valence-corrected chi connectivity index (χ1v) is 8.43. The first-order valence-electron chi connectivity index (χ1n) is 8.05. The molecule has 0 unspecified atom stereocenters. The SMILES string of the molecule is C#Cc1cccc(-c2cc(Cl)cc3c(=O)cc(-c4ccc(O)cn4)oc23)c1. The Kier molecular flexibility index (Phi) is 4.15. The Balaban J connectivity index is 2.02. The molecular weight excluding hydrogens is 362 g/mol. The van der Waals surface area contributed by atoms with Crippen LogP contribution in [0.1, 0.15) is 5.56 Å². The van der Waals surface area contributed by atoms with Gasteiger partial charge in [-0.3, -0.25) is 4.79 Å². The predicted molar refractivity (Wildman–Crippen MR) is 106 cm³/mol. The van der Waals surface area contributed by atoms with E-state index in [0.29, 0.717) is 38.6 Å². The average Bonchev–Trinajstić information content (AvgIpc) is 2.68. The lowest BCUT2D eigenvalue weighted by Gasteiger charge is -2.09. The van der Waals surface area contributed by atoms with E-state index in [1.54, 1.807) is 18.2 Å². The predicted octanol–water partition coefficient (Wildman–Crippen LogP) is 4.86. The monoisotopic (exact) mass is 373 g/mol. The van der Waals surface area contributed by atoms with Gasteiger partial charge in [0.05, 0.1) is 11.6 Å². The van der Waals surface area contributed by atoms with E-state index >= 15 is 0 Å². The average molecular weight is 374 g/mol. The first-order chi connectivity index (χ1) is 13.0. The van der Waals surface area contributed by atoms with Crippen LogP contribution in [0.4, 0.5) is 0 Å². The van der Waals surface area contributed by atoms with Gasteiger partial charge < -0.3 is 9.52 Å². The van der Waals surface area contributed by atoms with Gasteiger partial charge in [-0.15, -0.1) is 6.42 Å². The van der Waals surface area contributed by atoms with Crippen molar-refractivity contribution in [2.45, 2.75) is 0 Å². The molecule has 0 aliphatic heterocycles. The molecule has 4 rings (SSSR count). The second-order valence-corrected chi connectivity index (χ2v) is 6.37. The van der Waals surface area contributed by atoms with Crippen LogP contribution < -0.4 is 5.43 Å². The standard InChI is InChI=1S/C22H12ClNO3/c1-2-13-4-3-5-14(8-13)17-9-15(23)10-18-20(26)11-21(27-22(17)18)19-7-6-16(25)12-24-19/h1,3-12,25H. The molecule has 0 fully saturated rings. The molecule has 0 amide bonds. The molecule has 0 bridgehead atoms. The third-order valence-electron chi connectivity index (χ3n) is 4.13. The molecule has 2 aromatic carbocycles. The molecule has 0 saturated carbocycles. The van der Waals surface area contributed by atoms with Crippen molar-refractivity contribution >= 4 is 22.6 Å². The zero-order valence-electron chi connectivity index (χ0n) is 13.9. The Morgan fingerprint density at radius 1 is 1.11 bits per heavy atom. The van der Waals surface area contributed by atoms with Gasteiger partial charge in [0.15, 0.2) is 11.2 Å². The number of hydrogen-bond acceptors (Lipinski definition) is 4. The molecule has 0 aliphatic rings. The summed E-state index contributed by atoms with van der Waals surface area (Å²) in [6, 6.07) is 15.1. The molecule has 2 heterocycles. The number of aromatic hydroxyl groups is 1. The van der Waals surface area contributed by atoms with Crippen molar-refractivity contribution in [2.75, 3.05) is 0 Å². The number of rotatable bonds is 2. The first kappa shape index (κ1) is 16.9. The number of hydrogen-bond donors (Lipinski definition) is 1. The van der Waals surface area contributed by atoms with Crippen molar-refractivity contribution in [1.29, 1.82) is 0 Å². The van der Waals surface area contributed by atoms with Crippen LogP contribution in [0.3, 0.4) is 0 Å². The van der Waals surface area contributed by atoms with Crippen LogP contribution in [0, 0.1) is 12.3 Å². The van der Waals surface area contributed by atoms with Crippen molar-refractivity contribution in [1.82, 2.24) is 4.98 Å². The summed E-state index contributed by atoms with van der Waals surface area (Å²) in [5.74, 6) is 2.92. The smallest absolute Gasteiger partial charge is 0.193 e. The number of pyridine rings is 1. The van der Waals surface area contributed by atoms with Crippen LogP contribution in [0.2, 0.25) is 5.02 Å². The largest absolute Gasteiger partial charge is 0.506 e. The zero-order chi connectivity index (χ0) is 19.0. The van der Waals surface area contributed by atoms with Gasteiger partial charge in [0, 0.05) is 22.2 Å². The van der Waals surface area contributed by atoms with E-state index in [4.69, 9.17) is 22.4 Å². The van der Waals surface area contributed by atoms with Crippen LogP contribution in [-0.2, 0) is 0 Å². The fourth-order valence-electron chi connectivity index (χ4n) is 2.87. The number of benzene rings is 2. The van der Waals surface area contributed by atoms with E-state index in [2.05, 4.69) is 10.9 Å². The lowest BCUT2D eigenvalue weighted by molar-refractivity contribution is 0.472. The van der Waals surface area contributed by atoms with Gasteiger partial charge in [-0.2, -0.15) is 0 Å². The fourth-order valence-corrected chi connectivity index (χ4v) is 3.09. The normalized spacial score (nSPS) is 10.7. The van der Waals surface area contributed by atoms with Crippen molar-refractivity contribution in [3.8, 4) is 40.7 Å².